The molecule has 0 fully saturated rings. The summed E-state index contributed by atoms with van der Waals surface area (Å²) < 4.78 is 15.7. The van der Waals surface area contributed by atoms with Gasteiger partial charge in [0, 0.05) is 35.8 Å². The smallest absolute Gasteiger partial charge is 0.341 e. The number of rotatable bonds is 5. The molecular weight excluding hydrogens is 344 g/mol. The minimum atomic E-state index is -0.361. The van der Waals surface area contributed by atoms with Crippen LogP contribution in [0.2, 0.25) is 0 Å². The lowest BCUT2D eigenvalue weighted by atomic mass is 9.98. The van der Waals surface area contributed by atoms with Crippen LogP contribution in [-0.2, 0) is 11.3 Å². The number of benzene rings is 1. The standard InChI is InChI=1S/C21H22N2O4/c1-25-15-3-4-19-17(11-15)18(12-22-19)14-5-8-23(9-6-14)13-20-16(7-10-27-20)21(24)26-2/h3-5,7,10-12,22H,6,8-9,13H2,1-2H3. The van der Waals surface area contributed by atoms with Crippen molar-refractivity contribution in [3.05, 3.63) is 59.7 Å². The largest absolute Gasteiger partial charge is 0.497 e. The minimum Gasteiger partial charge on any atom is -0.497 e. The van der Waals surface area contributed by atoms with Gasteiger partial charge in [-0.2, -0.15) is 0 Å². The van der Waals surface area contributed by atoms with Crippen LogP contribution in [0.3, 0.4) is 0 Å². The molecule has 2 aromatic heterocycles. The molecule has 1 aromatic carbocycles. The number of carbonyl (C=O) groups is 1. The second-order valence-electron chi connectivity index (χ2n) is 6.58. The maximum absolute atomic E-state index is 11.8. The molecule has 6 heteroatoms. The van der Waals surface area contributed by atoms with Gasteiger partial charge in [0.2, 0.25) is 0 Å². The van der Waals surface area contributed by atoms with Crippen molar-refractivity contribution in [1.82, 2.24) is 9.88 Å². The first-order chi connectivity index (χ1) is 13.2. The second kappa shape index (κ2) is 7.32. The highest BCUT2D eigenvalue weighted by Gasteiger charge is 2.20. The van der Waals surface area contributed by atoms with Gasteiger partial charge in [-0.3, -0.25) is 4.90 Å². The van der Waals surface area contributed by atoms with E-state index in [0.29, 0.717) is 17.9 Å². The van der Waals surface area contributed by atoms with E-state index in [0.717, 1.165) is 30.8 Å². The average Bonchev–Trinajstić information content (AvgIpc) is 3.34. The first kappa shape index (κ1) is 17.4. The Morgan fingerprint density at radius 2 is 2.19 bits per heavy atom. The zero-order valence-electron chi connectivity index (χ0n) is 15.5. The van der Waals surface area contributed by atoms with Gasteiger partial charge in [-0.15, -0.1) is 0 Å². The van der Waals surface area contributed by atoms with Crippen LogP contribution in [0.4, 0.5) is 0 Å². The van der Waals surface area contributed by atoms with Gasteiger partial charge in [-0.1, -0.05) is 6.08 Å². The number of ether oxygens (including phenoxy) is 2. The molecule has 1 aliphatic heterocycles. The molecule has 0 spiro atoms. The number of aromatic amines is 1. The van der Waals surface area contributed by atoms with E-state index < -0.39 is 0 Å². The first-order valence-electron chi connectivity index (χ1n) is 8.91. The molecule has 0 amide bonds. The quantitative estimate of drug-likeness (QED) is 0.695. The molecule has 6 nitrogen and oxygen atoms in total. The molecule has 0 aliphatic carbocycles. The third-order valence-electron chi connectivity index (χ3n) is 5.05. The first-order valence-corrected chi connectivity index (χ1v) is 8.91. The number of esters is 1. The Balaban J connectivity index is 1.51. The third-order valence-corrected chi connectivity index (χ3v) is 5.05. The van der Waals surface area contributed by atoms with Crippen molar-refractivity contribution in [3.8, 4) is 5.75 Å². The molecule has 0 saturated carbocycles. The van der Waals surface area contributed by atoms with Crippen LogP contribution in [0.1, 0.15) is 28.1 Å². The Labute approximate surface area is 157 Å². The van der Waals surface area contributed by atoms with Crippen molar-refractivity contribution in [2.75, 3.05) is 27.3 Å². The molecule has 27 heavy (non-hydrogen) atoms. The van der Waals surface area contributed by atoms with Crippen LogP contribution >= 0.6 is 0 Å². The van der Waals surface area contributed by atoms with E-state index in [-0.39, 0.29) is 5.97 Å². The van der Waals surface area contributed by atoms with Crippen LogP contribution in [0.15, 0.2) is 47.2 Å². The van der Waals surface area contributed by atoms with Crippen molar-refractivity contribution < 1.29 is 18.7 Å². The zero-order chi connectivity index (χ0) is 18.8. The Bertz CT molecular complexity index is 999. The number of fused-ring (bicyclic) bond motifs is 1. The van der Waals surface area contributed by atoms with Gasteiger partial charge in [0.05, 0.1) is 27.0 Å². The van der Waals surface area contributed by atoms with Gasteiger partial charge in [-0.25, -0.2) is 4.79 Å². The highest BCUT2D eigenvalue weighted by Crippen LogP contribution is 2.32. The van der Waals surface area contributed by atoms with Crippen LogP contribution in [-0.4, -0.2) is 43.2 Å². The van der Waals surface area contributed by atoms with E-state index in [1.165, 1.54) is 29.9 Å². The highest BCUT2D eigenvalue weighted by atomic mass is 16.5. The van der Waals surface area contributed by atoms with Gasteiger partial charge in [0.25, 0.3) is 0 Å². The fraction of sp³-hybridized carbons (Fsp3) is 0.286. The lowest BCUT2D eigenvalue weighted by Gasteiger charge is -2.25. The minimum absolute atomic E-state index is 0.361. The summed E-state index contributed by atoms with van der Waals surface area (Å²) in [6.45, 7) is 2.28. The molecule has 4 rings (SSSR count). The summed E-state index contributed by atoms with van der Waals surface area (Å²) in [6.07, 6.45) is 6.77. The number of nitrogens with zero attached hydrogens (tertiary/aromatic N) is 1. The number of nitrogens with one attached hydrogen (secondary N) is 1. The summed E-state index contributed by atoms with van der Waals surface area (Å²) in [7, 11) is 3.06. The van der Waals surface area contributed by atoms with Crippen molar-refractivity contribution in [1.29, 1.82) is 0 Å². The van der Waals surface area contributed by atoms with Crippen molar-refractivity contribution in [3.63, 3.8) is 0 Å². The fourth-order valence-corrected chi connectivity index (χ4v) is 3.55. The van der Waals surface area contributed by atoms with Crippen molar-refractivity contribution >= 4 is 22.4 Å². The van der Waals surface area contributed by atoms with Gasteiger partial charge in [-0.05, 0) is 36.3 Å². The number of aromatic nitrogens is 1. The van der Waals surface area contributed by atoms with Gasteiger partial charge in [0.1, 0.15) is 17.1 Å². The number of hydrogen-bond acceptors (Lipinski definition) is 5. The van der Waals surface area contributed by atoms with Gasteiger partial charge in [0.15, 0.2) is 0 Å². The summed E-state index contributed by atoms with van der Waals surface area (Å²) in [6, 6.07) is 7.73. The van der Waals surface area contributed by atoms with Gasteiger partial charge >= 0.3 is 5.97 Å². The zero-order valence-corrected chi connectivity index (χ0v) is 15.5. The average molecular weight is 366 g/mol. The van der Waals surface area contributed by atoms with E-state index in [1.807, 2.05) is 12.1 Å². The van der Waals surface area contributed by atoms with E-state index in [1.54, 1.807) is 13.2 Å². The molecule has 1 N–H and O–H groups in total. The SMILES string of the molecule is COC(=O)c1ccoc1CN1CC=C(c2c[nH]c3ccc(OC)cc23)CC1. The summed E-state index contributed by atoms with van der Waals surface area (Å²) in [5.41, 5.74) is 4.14. The maximum atomic E-state index is 11.8. The third kappa shape index (κ3) is 3.36. The summed E-state index contributed by atoms with van der Waals surface area (Å²) in [4.78, 5) is 17.4. The Kier molecular flexibility index (Phi) is 4.73. The van der Waals surface area contributed by atoms with Crippen LogP contribution in [0.25, 0.3) is 16.5 Å². The predicted molar refractivity (Wildman–Crippen MR) is 103 cm³/mol. The second-order valence-corrected chi connectivity index (χ2v) is 6.58. The number of furan rings is 1. The maximum Gasteiger partial charge on any atom is 0.341 e. The fourth-order valence-electron chi connectivity index (χ4n) is 3.55. The van der Waals surface area contributed by atoms with Crippen LogP contribution in [0, 0.1) is 0 Å². The molecule has 0 atom stereocenters. The Hall–Kier alpha value is -2.99. The van der Waals surface area contributed by atoms with E-state index in [2.05, 4.69) is 28.2 Å². The van der Waals surface area contributed by atoms with Gasteiger partial charge < -0.3 is 18.9 Å². The van der Waals surface area contributed by atoms with Crippen molar-refractivity contribution in [2.24, 2.45) is 0 Å². The van der Waals surface area contributed by atoms with Crippen LogP contribution < -0.4 is 4.74 Å². The molecule has 0 saturated heterocycles. The molecule has 140 valence electrons. The molecule has 1 aliphatic rings. The molecule has 0 unspecified atom stereocenters. The van der Waals surface area contributed by atoms with Crippen molar-refractivity contribution in [2.45, 2.75) is 13.0 Å². The summed E-state index contributed by atoms with van der Waals surface area (Å²) in [5.74, 6) is 1.14. The molecule has 3 aromatic rings. The lowest BCUT2D eigenvalue weighted by Crippen LogP contribution is -2.28. The van der Waals surface area contributed by atoms with E-state index >= 15 is 0 Å². The van der Waals surface area contributed by atoms with E-state index in [9.17, 15) is 4.79 Å². The highest BCUT2D eigenvalue weighted by molar-refractivity contribution is 5.93. The summed E-state index contributed by atoms with van der Waals surface area (Å²) >= 11 is 0. The van der Waals surface area contributed by atoms with Crippen LogP contribution in [0.5, 0.6) is 5.75 Å². The molecular formula is C21H22N2O4. The molecule has 0 bridgehead atoms. The number of methoxy groups -OCH3 is 2. The lowest BCUT2D eigenvalue weighted by molar-refractivity contribution is 0.0596. The molecule has 0 radical (unpaired) electrons. The number of hydrogen-bond donors (Lipinski definition) is 1. The predicted octanol–water partition coefficient (Wildman–Crippen LogP) is 3.85. The topological polar surface area (TPSA) is 67.7 Å². The summed E-state index contributed by atoms with van der Waals surface area (Å²) in [5, 5.41) is 1.17. The Morgan fingerprint density at radius 3 is 2.93 bits per heavy atom. The number of carbonyl (C=O) groups excluding carboxylic acids is 1. The van der Waals surface area contributed by atoms with E-state index in [4.69, 9.17) is 13.9 Å². The normalized spacial score (nSPS) is 15.0. The molecule has 3 heterocycles. The number of H-pyrrole nitrogens is 1. The monoisotopic (exact) mass is 366 g/mol. The Morgan fingerprint density at radius 1 is 1.30 bits per heavy atom.